The van der Waals surface area contributed by atoms with E-state index in [0.717, 1.165) is 29.2 Å². The first kappa shape index (κ1) is 11.9. The van der Waals surface area contributed by atoms with Crippen LogP contribution < -0.4 is 10.6 Å². The summed E-state index contributed by atoms with van der Waals surface area (Å²) in [5.74, 6) is 0.600. The fourth-order valence-electron chi connectivity index (χ4n) is 1.81. The van der Waals surface area contributed by atoms with E-state index < -0.39 is 0 Å². The van der Waals surface area contributed by atoms with Gasteiger partial charge in [-0.15, -0.1) is 0 Å². The predicted octanol–water partition coefficient (Wildman–Crippen LogP) is 2.63. The van der Waals surface area contributed by atoms with Gasteiger partial charge in [-0.3, -0.25) is 4.98 Å². The van der Waals surface area contributed by atoms with E-state index in [0.29, 0.717) is 5.82 Å². The molecule has 2 aromatic heterocycles. The highest BCUT2D eigenvalue weighted by atomic mass is 32.1. The van der Waals surface area contributed by atoms with Gasteiger partial charge in [0.25, 0.3) is 0 Å². The van der Waals surface area contributed by atoms with Gasteiger partial charge >= 0.3 is 0 Å². The molecule has 2 aromatic rings. The minimum absolute atomic E-state index is 0.600. The van der Waals surface area contributed by atoms with E-state index in [4.69, 9.17) is 5.73 Å². The number of hydrogen-bond acceptors (Lipinski definition) is 5. The minimum Gasteiger partial charge on any atom is -0.382 e. The van der Waals surface area contributed by atoms with Crippen LogP contribution >= 0.6 is 11.5 Å². The van der Waals surface area contributed by atoms with Crippen molar-refractivity contribution in [1.29, 1.82) is 0 Å². The molecule has 0 unspecified atom stereocenters. The topological polar surface area (TPSA) is 55.0 Å². The van der Waals surface area contributed by atoms with Crippen LogP contribution in [0.15, 0.2) is 24.5 Å². The molecule has 0 amide bonds. The summed E-state index contributed by atoms with van der Waals surface area (Å²) in [5.41, 5.74) is 8.08. The zero-order chi connectivity index (χ0) is 12.3. The van der Waals surface area contributed by atoms with Gasteiger partial charge in [-0.2, -0.15) is 4.37 Å². The molecule has 0 atom stereocenters. The van der Waals surface area contributed by atoms with Crippen molar-refractivity contribution >= 4 is 22.4 Å². The van der Waals surface area contributed by atoms with Crippen LogP contribution in [-0.4, -0.2) is 22.4 Å². The summed E-state index contributed by atoms with van der Waals surface area (Å²) in [5, 5.41) is 1.14. The largest absolute Gasteiger partial charge is 0.382 e. The van der Waals surface area contributed by atoms with Crippen LogP contribution in [0.4, 0.5) is 10.8 Å². The molecule has 4 nitrogen and oxygen atoms in total. The van der Waals surface area contributed by atoms with Crippen molar-refractivity contribution in [3.63, 3.8) is 0 Å². The molecule has 5 heteroatoms. The lowest BCUT2D eigenvalue weighted by molar-refractivity contribution is 0.877. The van der Waals surface area contributed by atoms with Gasteiger partial charge in [-0.05, 0) is 43.1 Å². The van der Waals surface area contributed by atoms with E-state index in [1.165, 1.54) is 11.5 Å². The molecule has 0 radical (unpaired) electrons. The highest BCUT2D eigenvalue weighted by molar-refractivity contribution is 7.11. The van der Waals surface area contributed by atoms with E-state index >= 15 is 0 Å². The number of pyridine rings is 1. The van der Waals surface area contributed by atoms with Gasteiger partial charge in [0.1, 0.15) is 10.8 Å². The molecule has 0 aliphatic rings. The van der Waals surface area contributed by atoms with Crippen molar-refractivity contribution in [2.45, 2.75) is 13.8 Å². The number of nitrogens with two attached hydrogens (primary N) is 1. The molecule has 0 aliphatic heterocycles. The number of hydrogen-bond donors (Lipinski definition) is 1. The Balaban J connectivity index is 2.50. The van der Waals surface area contributed by atoms with E-state index in [2.05, 4.69) is 28.1 Å². The average Bonchev–Trinajstić information content (AvgIpc) is 2.74. The molecule has 2 N–H and O–H groups in total. The van der Waals surface area contributed by atoms with Gasteiger partial charge in [0.05, 0.1) is 5.56 Å². The SMILES string of the molecule is CCN(CC)c1snc(N)c1-c1ccncc1. The number of nitrogens with zero attached hydrogens (tertiary/aromatic N) is 3. The fraction of sp³-hybridized carbons (Fsp3) is 0.333. The number of rotatable bonds is 4. The predicted molar refractivity (Wildman–Crippen MR) is 73.3 cm³/mol. The average molecular weight is 248 g/mol. The normalized spacial score (nSPS) is 10.5. The number of aromatic nitrogens is 2. The third kappa shape index (κ3) is 2.24. The first-order chi connectivity index (χ1) is 8.27. The molecular formula is C12H16N4S. The second-order valence-electron chi connectivity index (χ2n) is 3.66. The Kier molecular flexibility index (Phi) is 3.58. The van der Waals surface area contributed by atoms with Crippen molar-refractivity contribution < 1.29 is 0 Å². The Labute approximate surface area is 105 Å². The summed E-state index contributed by atoms with van der Waals surface area (Å²) < 4.78 is 4.27. The van der Waals surface area contributed by atoms with Gasteiger partial charge in [-0.25, -0.2) is 0 Å². The molecular weight excluding hydrogens is 232 g/mol. The summed E-state index contributed by atoms with van der Waals surface area (Å²) in [6.45, 7) is 6.18. The first-order valence-corrected chi connectivity index (χ1v) is 6.45. The summed E-state index contributed by atoms with van der Waals surface area (Å²) in [7, 11) is 0. The summed E-state index contributed by atoms with van der Waals surface area (Å²) in [6.07, 6.45) is 3.55. The van der Waals surface area contributed by atoms with Crippen LogP contribution in [0.3, 0.4) is 0 Å². The van der Waals surface area contributed by atoms with E-state index in [1.807, 2.05) is 12.1 Å². The second kappa shape index (κ2) is 5.14. The highest BCUT2D eigenvalue weighted by Gasteiger charge is 2.17. The molecule has 0 saturated carbocycles. The Morgan fingerprint density at radius 3 is 2.47 bits per heavy atom. The second-order valence-corrected chi connectivity index (χ2v) is 4.41. The Morgan fingerprint density at radius 1 is 1.24 bits per heavy atom. The van der Waals surface area contributed by atoms with Gasteiger partial charge in [0, 0.05) is 25.5 Å². The quantitative estimate of drug-likeness (QED) is 0.903. The van der Waals surface area contributed by atoms with Crippen molar-refractivity contribution in [3.05, 3.63) is 24.5 Å². The summed E-state index contributed by atoms with van der Waals surface area (Å²) in [4.78, 5) is 6.30. The van der Waals surface area contributed by atoms with Crippen LogP contribution in [-0.2, 0) is 0 Å². The maximum absolute atomic E-state index is 5.97. The van der Waals surface area contributed by atoms with Crippen LogP contribution in [0.25, 0.3) is 11.1 Å². The first-order valence-electron chi connectivity index (χ1n) is 5.68. The van der Waals surface area contributed by atoms with Crippen LogP contribution in [0.5, 0.6) is 0 Å². The van der Waals surface area contributed by atoms with Crippen LogP contribution in [0.1, 0.15) is 13.8 Å². The Bertz CT molecular complexity index is 477. The molecule has 0 saturated heterocycles. The summed E-state index contributed by atoms with van der Waals surface area (Å²) in [6, 6.07) is 3.93. The van der Waals surface area contributed by atoms with Crippen molar-refractivity contribution in [2.24, 2.45) is 0 Å². The lowest BCUT2D eigenvalue weighted by Gasteiger charge is -2.20. The van der Waals surface area contributed by atoms with E-state index in [1.54, 1.807) is 12.4 Å². The molecule has 2 heterocycles. The third-order valence-electron chi connectivity index (χ3n) is 2.72. The molecule has 0 bridgehead atoms. The van der Waals surface area contributed by atoms with Crippen molar-refractivity contribution in [3.8, 4) is 11.1 Å². The highest BCUT2D eigenvalue weighted by Crippen LogP contribution is 2.38. The van der Waals surface area contributed by atoms with Gasteiger partial charge in [0.2, 0.25) is 0 Å². The Morgan fingerprint density at radius 2 is 1.88 bits per heavy atom. The van der Waals surface area contributed by atoms with E-state index in [9.17, 15) is 0 Å². The molecule has 0 aliphatic carbocycles. The maximum Gasteiger partial charge on any atom is 0.147 e. The molecule has 2 rings (SSSR count). The number of nitrogen functional groups attached to an aromatic ring is 1. The molecule has 90 valence electrons. The fourth-order valence-corrected chi connectivity index (χ4v) is 2.77. The van der Waals surface area contributed by atoms with Crippen molar-refractivity contribution in [1.82, 2.24) is 9.36 Å². The monoisotopic (exact) mass is 248 g/mol. The summed E-state index contributed by atoms with van der Waals surface area (Å²) >= 11 is 1.46. The lowest BCUT2D eigenvalue weighted by atomic mass is 10.1. The van der Waals surface area contributed by atoms with Crippen molar-refractivity contribution in [2.75, 3.05) is 23.7 Å². The molecule has 17 heavy (non-hydrogen) atoms. The van der Waals surface area contributed by atoms with Gasteiger partial charge < -0.3 is 10.6 Å². The zero-order valence-electron chi connectivity index (χ0n) is 10.1. The number of anilines is 2. The smallest absolute Gasteiger partial charge is 0.147 e. The van der Waals surface area contributed by atoms with E-state index in [-0.39, 0.29) is 0 Å². The maximum atomic E-state index is 5.97. The standard InChI is InChI=1S/C12H16N4S/c1-3-16(4-2)12-10(11(13)15-17-12)9-5-7-14-8-6-9/h5-8H,3-4H2,1-2H3,(H2,13,15). The van der Waals surface area contributed by atoms with Gasteiger partial charge in [-0.1, -0.05) is 0 Å². The Hall–Kier alpha value is -1.62. The van der Waals surface area contributed by atoms with Gasteiger partial charge in [0.15, 0.2) is 0 Å². The van der Waals surface area contributed by atoms with Crippen LogP contribution in [0, 0.1) is 0 Å². The molecule has 0 fully saturated rings. The molecule has 0 aromatic carbocycles. The zero-order valence-corrected chi connectivity index (χ0v) is 10.9. The third-order valence-corrected chi connectivity index (χ3v) is 3.64. The molecule has 0 spiro atoms. The van der Waals surface area contributed by atoms with Crippen LogP contribution in [0.2, 0.25) is 0 Å². The lowest BCUT2D eigenvalue weighted by Crippen LogP contribution is -2.21. The minimum atomic E-state index is 0.600.